The van der Waals surface area contributed by atoms with Gasteiger partial charge in [-0.2, -0.15) is 0 Å². The molecular weight excluding hydrogens is 350 g/mol. The number of nitrogens with zero attached hydrogens (tertiary/aromatic N) is 4. The van der Waals surface area contributed by atoms with E-state index in [1.165, 1.54) is 0 Å². The maximum absolute atomic E-state index is 12.3. The zero-order chi connectivity index (χ0) is 18.5. The van der Waals surface area contributed by atoms with Crippen molar-refractivity contribution in [3.63, 3.8) is 0 Å². The first-order valence-corrected chi connectivity index (χ1v) is 9.24. The largest absolute Gasteiger partial charge is 0.359 e. The Morgan fingerprint density at radius 3 is 2.85 bits per heavy atom. The second-order valence-corrected chi connectivity index (χ2v) is 6.91. The molecule has 0 atom stereocenters. The van der Waals surface area contributed by atoms with E-state index in [0.717, 1.165) is 34.4 Å². The zero-order valence-electron chi connectivity index (χ0n) is 15.0. The molecule has 0 unspecified atom stereocenters. The molecule has 0 aliphatic rings. The van der Waals surface area contributed by atoms with E-state index in [-0.39, 0.29) is 5.91 Å². The molecular formula is C18H21N5O2S. The van der Waals surface area contributed by atoms with Crippen molar-refractivity contribution in [2.45, 2.75) is 33.4 Å². The van der Waals surface area contributed by atoms with Gasteiger partial charge in [0.05, 0.1) is 30.0 Å². The van der Waals surface area contributed by atoms with Crippen molar-refractivity contribution < 1.29 is 9.32 Å². The highest BCUT2D eigenvalue weighted by molar-refractivity contribution is 7.09. The van der Waals surface area contributed by atoms with Gasteiger partial charge >= 0.3 is 0 Å². The van der Waals surface area contributed by atoms with Crippen LogP contribution in [0.5, 0.6) is 0 Å². The number of amides is 1. The standard InChI is InChI=1S/C18H21N5O2S/c1-4-14-11-26-17(21-14)9-20-18(24)13-5-6-16(19-8-13)23(3)10-15-7-12(2)22-25-15/h5-8,11H,4,9-10H2,1-3H3,(H,20,24). The predicted octanol–water partition coefficient (Wildman–Crippen LogP) is 2.96. The Balaban J connectivity index is 1.56. The summed E-state index contributed by atoms with van der Waals surface area (Å²) in [7, 11) is 1.91. The summed E-state index contributed by atoms with van der Waals surface area (Å²) in [6.45, 7) is 4.93. The summed E-state index contributed by atoms with van der Waals surface area (Å²) < 4.78 is 5.21. The van der Waals surface area contributed by atoms with Gasteiger partial charge in [0.15, 0.2) is 5.76 Å². The molecule has 0 radical (unpaired) electrons. The zero-order valence-corrected chi connectivity index (χ0v) is 15.8. The van der Waals surface area contributed by atoms with Crippen molar-refractivity contribution in [2.24, 2.45) is 0 Å². The number of carbonyl (C=O) groups is 1. The van der Waals surface area contributed by atoms with Crippen molar-refractivity contribution in [1.29, 1.82) is 0 Å². The van der Waals surface area contributed by atoms with Crippen LogP contribution in [-0.4, -0.2) is 28.1 Å². The summed E-state index contributed by atoms with van der Waals surface area (Å²) >= 11 is 1.56. The molecule has 26 heavy (non-hydrogen) atoms. The van der Waals surface area contributed by atoms with Gasteiger partial charge in [-0.05, 0) is 25.5 Å². The summed E-state index contributed by atoms with van der Waals surface area (Å²) in [6, 6.07) is 5.47. The van der Waals surface area contributed by atoms with Gasteiger partial charge < -0.3 is 14.7 Å². The molecule has 3 aromatic rings. The van der Waals surface area contributed by atoms with Crippen LogP contribution in [0.3, 0.4) is 0 Å². The Hall–Kier alpha value is -2.74. The number of anilines is 1. The summed E-state index contributed by atoms with van der Waals surface area (Å²) in [5, 5.41) is 9.67. The van der Waals surface area contributed by atoms with E-state index in [0.29, 0.717) is 18.7 Å². The molecule has 1 amide bonds. The van der Waals surface area contributed by atoms with Crippen LogP contribution in [-0.2, 0) is 19.5 Å². The summed E-state index contributed by atoms with van der Waals surface area (Å²) in [6.07, 6.45) is 2.48. The van der Waals surface area contributed by atoms with Crippen LogP contribution in [0.25, 0.3) is 0 Å². The molecule has 0 saturated carbocycles. The Morgan fingerprint density at radius 2 is 2.23 bits per heavy atom. The van der Waals surface area contributed by atoms with E-state index in [1.807, 2.05) is 36.4 Å². The smallest absolute Gasteiger partial charge is 0.253 e. The maximum Gasteiger partial charge on any atom is 0.253 e. The van der Waals surface area contributed by atoms with E-state index in [9.17, 15) is 4.79 Å². The van der Waals surface area contributed by atoms with Crippen LogP contribution in [0.1, 0.15) is 39.4 Å². The van der Waals surface area contributed by atoms with Crippen LogP contribution >= 0.6 is 11.3 Å². The molecule has 1 N–H and O–H groups in total. The topological polar surface area (TPSA) is 84.2 Å². The van der Waals surface area contributed by atoms with Gasteiger partial charge in [0.1, 0.15) is 10.8 Å². The molecule has 0 bridgehead atoms. The normalized spacial score (nSPS) is 10.7. The fourth-order valence-corrected chi connectivity index (χ4v) is 3.22. The molecule has 0 spiro atoms. The summed E-state index contributed by atoms with van der Waals surface area (Å²) in [5.74, 6) is 1.36. The molecule has 0 saturated heterocycles. The quantitative estimate of drug-likeness (QED) is 0.687. The van der Waals surface area contributed by atoms with Gasteiger partial charge in [-0.3, -0.25) is 4.79 Å². The van der Waals surface area contributed by atoms with Gasteiger partial charge in [0.2, 0.25) is 0 Å². The minimum Gasteiger partial charge on any atom is -0.359 e. The van der Waals surface area contributed by atoms with Crippen LogP contribution in [0, 0.1) is 6.92 Å². The third-order valence-corrected chi connectivity index (χ3v) is 4.73. The van der Waals surface area contributed by atoms with Crippen molar-refractivity contribution in [3.8, 4) is 0 Å². The number of rotatable bonds is 7. The first kappa shape index (κ1) is 18.1. The van der Waals surface area contributed by atoms with Crippen molar-refractivity contribution in [3.05, 3.63) is 57.5 Å². The second-order valence-electron chi connectivity index (χ2n) is 5.96. The number of thiazole rings is 1. The number of hydrogen-bond acceptors (Lipinski definition) is 7. The summed E-state index contributed by atoms with van der Waals surface area (Å²) in [5.41, 5.74) is 2.42. The fraction of sp³-hybridized carbons (Fsp3) is 0.333. The van der Waals surface area contributed by atoms with Crippen molar-refractivity contribution in [2.75, 3.05) is 11.9 Å². The fourth-order valence-electron chi connectivity index (χ4n) is 2.40. The number of hydrogen-bond donors (Lipinski definition) is 1. The van der Waals surface area contributed by atoms with Crippen LogP contribution in [0.2, 0.25) is 0 Å². The lowest BCUT2D eigenvalue weighted by Crippen LogP contribution is -2.23. The Kier molecular flexibility index (Phi) is 5.62. The highest BCUT2D eigenvalue weighted by Crippen LogP contribution is 2.14. The molecule has 8 heteroatoms. The summed E-state index contributed by atoms with van der Waals surface area (Å²) in [4.78, 5) is 23.0. The number of aromatic nitrogens is 3. The Labute approximate surface area is 156 Å². The minimum atomic E-state index is -0.161. The molecule has 3 aromatic heterocycles. The van der Waals surface area contributed by atoms with Gasteiger partial charge in [-0.25, -0.2) is 9.97 Å². The van der Waals surface area contributed by atoms with E-state index < -0.39 is 0 Å². The first-order valence-electron chi connectivity index (χ1n) is 8.36. The minimum absolute atomic E-state index is 0.161. The lowest BCUT2D eigenvalue weighted by Gasteiger charge is -2.16. The highest BCUT2D eigenvalue weighted by Gasteiger charge is 2.11. The molecule has 3 heterocycles. The van der Waals surface area contributed by atoms with Crippen molar-refractivity contribution in [1.82, 2.24) is 20.4 Å². The van der Waals surface area contributed by atoms with E-state index in [1.54, 1.807) is 23.6 Å². The van der Waals surface area contributed by atoms with E-state index in [4.69, 9.17) is 4.52 Å². The van der Waals surface area contributed by atoms with Crippen LogP contribution < -0.4 is 10.2 Å². The molecule has 3 rings (SSSR count). The third-order valence-electron chi connectivity index (χ3n) is 3.83. The number of aryl methyl sites for hydroxylation is 2. The molecule has 136 valence electrons. The monoisotopic (exact) mass is 371 g/mol. The van der Waals surface area contributed by atoms with Gasteiger partial charge in [0, 0.05) is 24.7 Å². The first-order chi connectivity index (χ1) is 12.5. The maximum atomic E-state index is 12.3. The van der Waals surface area contributed by atoms with Gasteiger partial charge in [0.25, 0.3) is 5.91 Å². The second kappa shape index (κ2) is 8.09. The SMILES string of the molecule is CCc1csc(CNC(=O)c2ccc(N(C)Cc3cc(C)no3)nc2)n1. The lowest BCUT2D eigenvalue weighted by molar-refractivity contribution is 0.0950. The number of carbonyl (C=O) groups excluding carboxylic acids is 1. The highest BCUT2D eigenvalue weighted by atomic mass is 32.1. The van der Waals surface area contributed by atoms with Gasteiger partial charge in [-0.1, -0.05) is 12.1 Å². The van der Waals surface area contributed by atoms with Crippen LogP contribution in [0.15, 0.2) is 34.3 Å². The molecule has 0 aliphatic heterocycles. The third kappa shape index (κ3) is 4.45. The van der Waals surface area contributed by atoms with Gasteiger partial charge in [-0.15, -0.1) is 11.3 Å². The van der Waals surface area contributed by atoms with E-state index >= 15 is 0 Å². The molecule has 0 aromatic carbocycles. The molecule has 0 fully saturated rings. The predicted molar refractivity (Wildman–Crippen MR) is 100 cm³/mol. The molecule has 7 nitrogen and oxygen atoms in total. The molecule has 0 aliphatic carbocycles. The average Bonchev–Trinajstić information content (AvgIpc) is 3.28. The van der Waals surface area contributed by atoms with Crippen molar-refractivity contribution >= 4 is 23.1 Å². The lowest BCUT2D eigenvalue weighted by atomic mass is 10.2. The Morgan fingerprint density at radius 1 is 1.38 bits per heavy atom. The number of pyridine rings is 1. The average molecular weight is 371 g/mol. The Bertz CT molecular complexity index is 872. The van der Waals surface area contributed by atoms with E-state index in [2.05, 4.69) is 27.4 Å². The number of nitrogens with one attached hydrogen (secondary N) is 1. The van der Waals surface area contributed by atoms with Crippen LogP contribution in [0.4, 0.5) is 5.82 Å².